The number of ether oxygens (including phenoxy) is 1. The molecule has 1 aliphatic carbocycles. The van der Waals surface area contributed by atoms with Gasteiger partial charge >= 0.3 is 0 Å². The summed E-state index contributed by atoms with van der Waals surface area (Å²) < 4.78 is 5.34. The van der Waals surface area contributed by atoms with Crippen molar-refractivity contribution in [3.8, 4) is 11.8 Å². The average Bonchev–Trinajstić information content (AvgIpc) is 2.33. The first-order valence-corrected chi connectivity index (χ1v) is 6.45. The molecule has 1 aromatic carbocycles. The normalized spacial score (nSPS) is 16.7. The molecule has 0 heterocycles. The van der Waals surface area contributed by atoms with Crippen LogP contribution in [0, 0.1) is 23.7 Å². The Morgan fingerprint density at radius 2 is 2.22 bits per heavy atom. The van der Waals surface area contributed by atoms with Crippen LogP contribution in [0.4, 0.5) is 0 Å². The summed E-state index contributed by atoms with van der Waals surface area (Å²) in [6.07, 6.45) is 3.24. The SMILES string of the molecule is COc1ccc(C)cc1CNCC1(C#N)CCC1. The second-order valence-electron chi connectivity index (χ2n) is 5.16. The fraction of sp³-hybridized carbons (Fsp3) is 0.533. The number of nitrogens with one attached hydrogen (secondary N) is 1. The van der Waals surface area contributed by atoms with Crippen molar-refractivity contribution < 1.29 is 4.74 Å². The molecular weight excluding hydrogens is 224 g/mol. The molecule has 1 fully saturated rings. The summed E-state index contributed by atoms with van der Waals surface area (Å²) in [5.74, 6) is 0.910. The fourth-order valence-electron chi connectivity index (χ4n) is 2.41. The number of methoxy groups -OCH3 is 1. The first-order chi connectivity index (χ1) is 8.69. The monoisotopic (exact) mass is 244 g/mol. The zero-order chi connectivity index (χ0) is 13.0. The van der Waals surface area contributed by atoms with Crippen LogP contribution in [0.5, 0.6) is 5.75 Å². The molecule has 3 nitrogen and oxygen atoms in total. The first kappa shape index (κ1) is 12.9. The maximum absolute atomic E-state index is 9.16. The van der Waals surface area contributed by atoms with Crippen molar-refractivity contribution in [2.75, 3.05) is 13.7 Å². The summed E-state index contributed by atoms with van der Waals surface area (Å²) in [4.78, 5) is 0. The molecule has 2 rings (SSSR count). The molecule has 1 N–H and O–H groups in total. The van der Waals surface area contributed by atoms with E-state index in [0.29, 0.717) is 0 Å². The summed E-state index contributed by atoms with van der Waals surface area (Å²) in [5, 5.41) is 12.6. The average molecular weight is 244 g/mol. The van der Waals surface area contributed by atoms with Crippen molar-refractivity contribution >= 4 is 0 Å². The van der Waals surface area contributed by atoms with E-state index >= 15 is 0 Å². The molecule has 0 radical (unpaired) electrons. The molecular formula is C15H20N2O. The third-order valence-corrected chi connectivity index (χ3v) is 3.76. The van der Waals surface area contributed by atoms with Gasteiger partial charge in [0.25, 0.3) is 0 Å². The standard InChI is InChI=1S/C15H20N2O/c1-12-4-5-14(18-2)13(8-12)9-17-11-15(10-16)6-3-7-15/h4-5,8,17H,3,6-7,9,11H2,1-2H3. The van der Waals surface area contributed by atoms with Crippen LogP contribution in [0.3, 0.4) is 0 Å². The van der Waals surface area contributed by atoms with Gasteiger partial charge in [0.2, 0.25) is 0 Å². The van der Waals surface area contributed by atoms with Gasteiger partial charge in [-0.05, 0) is 25.8 Å². The minimum absolute atomic E-state index is 0.114. The van der Waals surface area contributed by atoms with Gasteiger partial charge in [0.15, 0.2) is 0 Å². The number of aryl methyl sites for hydroxylation is 1. The van der Waals surface area contributed by atoms with Crippen LogP contribution in [0.25, 0.3) is 0 Å². The molecule has 0 aliphatic heterocycles. The topological polar surface area (TPSA) is 45.0 Å². The Morgan fingerprint density at radius 3 is 2.78 bits per heavy atom. The quantitative estimate of drug-likeness (QED) is 0.866. The number of nitriles is 1. The zero-order valence-electron chi connectivity index (χ0n) is 11.1. The smallest absolute Gasteiger partial charge is 0.123 e. The third-order valence-electron chi connectivity index (χ3n) is 3.76. The van der Waals surface area contributed by atoms with Gasteiger partial charge in [-0.2, -0.15) is 5.26 Å². The van der Waals surface area contributed by atoms with E-state index in [1.54, 1.807) is 7.11 Å². The van der Waals surface area contributed by atoms with Crippen LogP contribution < -0.4 is 10.1 Å². The predicted molar refractivity (Wildman–Crippen MR) is 71.3 cm³/mol. The molecule has 0 amide bonds. The predicted octanol–water partition coefficient (Wildman–Crippen LogP) is 2.79. The molecule has 0 spiro atoms. The van der Waals surface area contributed by atoms with Crippen LogP contribution >= 0.6 is 0 Å². The summed E-state index contributed by atoms with van der Waals surface area (Å²) in [7, 11) is 1.69. The van der Waals surface area contributed by atoms with Crippen molar-refractivity contribution in [1.29, 1.82) is 5.26 Å². The van der Waals surface area contributed by atoms with E-state index in [2.05, 4.69) is 24.4 Å². The molecule has 0 bridgehead atoms. The van der Waals surface area contributed by atoms with Crippen molar-refractivity contribution in [2.24, 2.45) is 5.41 Å². The number of hydrogen-bond donors (Lipinski definition) is 1. The van der Waals surface area contributed by atoms with Crippen LogP contribution in [0.1, 0.15) is 30.4 Å². The number of hydrogen-bond acceptors (Lipinski definition) is 3. The van der Waals surface area contributed by atoms with Gasteiger partial charge in [-0.3, -0.25) is 0 Å². The van der Waals surface area contributed by atoms with E-state index in [-0.39, 0.29) is 5.41 Å². The minimum atomic E-state index is -0.114. The lowest BCUT2D eigenvalue weighted by Crippen LogP contribution is -2.38. The van der Waals surface area contributed by atoms with E-state index < -0.39 is 0 Å². The Balaban J connectivity index is 1.94. The van der Waals surface area contributed by atoms with Gasteiger partial charge in [-0.1, -0.05) is 24.1 Å². The molecule has 0 atom stereocenters. The second-order valence-corrected chi connectivity index (χ2v) is 5.16. The van der Waals surface area contributed by atoms with Gasteiger partial charge in [0, 0.05) is 18.7 Å². The molecule has 0 saturated heterocycles. The maximum Gasteiger partial charge on any atom is 0.123 e. The molecule has 18 heavy (non-hydrogen) atoms. The molecule has 3 heteroatoms. The fourth-order valence-corrected chi connectivity index (χ4v) is 2.41. The summed E-state index contributed by atoms with van der Waals surface area (Å²) in [5.41, 5.74) is 2.27. The van der Waals surface area contributed by atoms with Crippen molar-refractivity contribution in [2.45, 2.75) is 32.7 Å². The van der Waals surface area contributed by atoms with Crippen molar-refractivity contribution in [1.82, 2.24) is 5.32 Å². The minimum Gasteiger partial charge on any atom is -0.496 e. The van der Waals surface area contributed by atoms with E-state index in [9.17, 15) is 0 Å². The Bertz CT molecular complexity index is 458. The van der Waals surface area contributed by atoms with Crippen LogP contribution in [0.2, 0.25) is 0 Å². The number of nitrogens with zero attached hydrogens (tertiary/aromatic N) is 1. The Hall–Kier alpha value is -1.53. The van der Waals surface area contributed by atoms with Gasteiger partial charge in [-0.15, -0.1) is 0 Å². The lowest BCUT2D eigenvalue weighted by molar-refractivity contribution is 0.206. The van der Waals surface area contributed by atoms with E-state index in [1.165, 1.54) is 12.0 Å². The van der Waals surface area contributed by atoms with Crippen LogP contribution in [-0.4, -0.2) is 13.7 Å². The van der Waals surface area contributed by atoms with Gasteiger partial charge < -0.3 is 10.1 Å². The molecule has 1 aliphatic rings. The third kappa shape index (κ3) is 2.65. The van der Waals surface area contributed by atoms with Crippen molar-refractivity contribution in [3.63, 3.8) is 0 Å². The lowest BCUT2D eigenvalue weighted by atomic mass is 9.70. The highest BCUT2D eigenvalue weighted by atomic mass is 16.5. The highest BCUT2D eigenvalue weighted by Gasteiger charge is 2.36. The highest BCUT2D eigenvalue weighted by molar-refractivity contribution is 5.36. The van der Waals surface area contributed by atoms with Crippen LogP contribution in [0.15, 0.2) is 18.2 Å². The molecule has 1 saturated carbocycles. The van der Waals surface area contributed by atoms with Gasteiger partial charge in [0.05, 0.1) is 18.6 Å². The maximum atomic E-state index is 9.16. The first-order valence-electron chi connectivity index (χ1n) is 6.45. The number of rotatable bonds is 5. The molecule has 0 unspecified atom stereocenters. The summed E-state index contributed by atoms with van der Waals surface area (Å²) >= 11 is 0. The van der Waals surface area contributed by atoms with E-state index in [1.807, 2.05) is 12.1 Å². The Morgan fingerprint density at radius 1 is 1.44 bits per heavy atom. The Kier molecular flexibility index (Phi) is 3.88. The molecule has 1 aromatic rings. The largest absolute Gasteiger partial charge is 0.496 e. The summed E-state index contributed by atoms with van der Waals surface area (Å²) in [6.45, 7) is 3.61. The van der Waals surface area contributed by atoms with Gasteiger partial charge in [0.1, 0.15) is 5.75 Å². The van der Waals surface area contributed by atoms with Gasteiger partial charge in [-0.25, -0.2) is 0 Å². The molecule has 96 valence electrons. The van der Waals surface area contributed by atoms with Crippen molar-refractivity contribution in [3.05, 3.63) is 29.3 Å². The highest BCUT2D eigenvalue weighted by Crippen LogP contribution is 2.39. The zero-order valence-corrected chi connectivity index (χ0v) is 11.1. The lowest BCUT2D eigenvalue weighted by Gasteiger charge is -2.35. The van der Waals surface area contributed by atoms with E-state index in [0.717, 1.165) is 37.2 Å². The summed E-state index contributed by atoms with van der Waals surface area (Å²) in [6, 6.07) is 8.62. The number of benzene rings is 1. The van der Waals surface area contributed by atoms with Crippen LogP contribution in [-0.2, 0) is 6.54 Å². The van der Waals surface area contributed by atoms with E-state index in [4.69, 9.17) is 10.00 Å². The Labute approximate surface area is 109 Å². The molecule has 0 aromatic heterocycles. The second kappa shape index (κ2) is 5.41.